The molecule has 0 aromatic heterocycles. The number of amides is 2. The van der Waals surface area contributed by atoms with E-state index in [0.29, 0.717) is 13.1 Å². The Balaban J connectivity index is 2.19. The number of hydrogen-bond acceptors (Lipinski definition) is 4. The van der Waals surface area contributed by atoms with Gasteiger partial charge in [0, 0.05) is 18.8 Å². The summed E-state index contributed by atoms with van der Waals surface area (Å²) in [5, 5.41) is 2.98. The van der Waals surface area contributed by atoms with E-state index in [-0.39, 0.29) is 17.7 Å². The number of benzene rings is 2. The third kappa shape index (κ3) is 6.88. The van der Waals surface area contributed by atoms with Crippen molar-refractivity contribution in [3.63, 3.8) is 0 Å². The van der Waals surface area contributed by atoms with Crippen molar-refractivity contribution in [2.75, 3.05) is 18.1 Å². The van der Waals surface area contributed by atoms with Crippen molar-refractivity contribution in [1.82, 2.24) is 4.90 Å². The number of urea groups is 1. The number of hydrogen-bond donors (Lipinski definition) is 1. The number of aryl methyl sites for hydroxylation is 2. The Morgan fingerprint density at radius 3 is 2.46 bits per heavy atom. The summed E-state index contributed by atoms with van der Waals surface area (Å²) in [6, 6.07) is 12.5. The Kier molecular flexibility index (Phi) is 7.07. The van der Waals surface area contributed by atoms with E-state index < -0.39 is 10.1 Å². The first-order valence-electron chi connectivity index (χ1n) is 9.15. The van der Waals surface area contributed by atoms with Crippen LogP contribution in [-0.4, -0.2) is 32.1 Å². The summed E-state index contributed by atoms with van der Waals surface area (Å²) in [6.45, 7) is 8.96. The minimum absolute atomic E-state index is 0.199. The normalized spacial score (nSPS) is 11.4. The zero-order chi connectivity index (χ0) is 20.9. The molecule has 6 nitrogen and oxygen atoms in total. The van der Waals surface area contributed by atoms with Crippen LogP contribution in [0.5, 0.6) is 5.75 Å². The van der Waals surface area contributed by atoms with Gasteiger partial charge in [0.1, 0.15) is 5.75 Å². The van der Waals surface area contributed by atoms with Crippen LogP contribution in [0.3, 0.4) is 0 Å². The number of nitrogens with one attached hydrogen (secondary N) is 1. The van der Waals surface area contributed by atoms with Gasteiger partial charge in [-0.1, -0.05) is 43.7 Å². The maximum Gasteiger partial charge on any atom is 0.322 e. The second-order valence-corrected chi connectivity index (χ2v) is 9.03. The van der Waals surface area contributed by atoms with Crippen LogP contribution in [0.15, 0.2) is 42.5 Å². The van der Waals surface area contributed by atoms with E-state index in [2.05, 4.69) is 5.32 Å². The van der Waals surface area contributed by atoms with Crippen LogP contribution < -0.4 is 9.50 Å². The molecule has 2 aromatic carbocycles. The summed E-state index contributed by atoms with van der Waals surface area (Å²) in [5.41, 5.74) is 3.70. The summed E-state index contributed by atoms with van der Waals surface area (Å²) < 4.78 is 27.6. The third-order valence-electron chi connectivity index (χ3n) is 4.02. The fourth-order valence-electron chi connectivity index (χ4n) is 2.90. The van der Waals surface area contributed by atoms with Gasteiger partial charge in [0.15, 0.2) is 0 Å². The van der Waals surface area contributed by atoms with Crippen molar-refractivity contribution in [3.05, 3.63) is 59.2 Å². The lowest BCUT2D eigenvalue weighted by atomic mass is 10.1. The SMILES string of the molecule is Cc1ccc(NC(=O)N(Cc2cccc(OS(C)(=O)=O)c2)CC(C)C)c(C)c1. The number of nitrogens with zero attached hydrogens (tertiary/aromatic N) is 1. The quantitative estimate of drug-likeness (QED) is 0.697. The van der Waals surface area contributed by atoms with Gasteiger partial charge in [0.25, 0.3) is 0 Å². The molecule has 152 valence electrons. The maximum atomic E-state index is 12.9. The second-order valence-electron chi connectivity index (χ2n) is 7.46. The molecule has 0 aliphatic heterocycles. The average Bonchev–Trinajstić information content (AvgIpc) is 2.55. The maximum absolute atomic E-state index is 12.9. The summed E-state index contributed by atoms with van der Waals surface area (Å²) >= 11 is 0. The van der Waals surface area contributed by atoms with Crippen LogP contribution in [-0.2, 0) is 16.7 Å². The van der Waals surface area contributed by atoms with E-state index >= 15 is 0 Å². The summed E-state index contributed by atoms with van der Waals surface area (Å²) in [7, 11) is -3.60. The first-order valence-corrected chi connectivity index (χ1v) is 11.0. The fraction of sp³-hybridized carbons (Fsp3) is 0.381. The Morgan fingerprint density at radius 1 is 1.14 bits per heavy atom. The minimum Gasteiger partial charge on any atom is -0.383 e. The zero-order valence-electron chi connectivity index (χ0n) is 17.0. The van der Waals surface area contributed by atoms with Crippen molar-refractivity contribution in [3.8, 4) is 5.75 Å². The monoisotopic (exact) mass is 404 g/mol. The topological polar surface area (TPSA) is 75.7 Å². The standard InChI is InChI=1S/C21H28N2O4S/c1-15(2)13-23(21(24)22-20-10-9-16(3)11-17(20)4)14-18-7-6-8-19(12-18)27-28(5,25)26/h6-12,15H,13-14H2,1-5H3,(H,22,24). The molecule has 0 bridgehead atoms. The van der Waals surface area contributed by atoms with Crippen LogP contribution in [0, 0.1) is 19.8 Å². The molecule has 7 heteroatoms. The molecular formula is C21H28N2O4S. The molecule has 2 rings (SSSR count). The van der Waals surface area contributed by atoms with E-state index in [0.717, 1.165) is 28.6 Å². The Morgan fingerprint density at radius 2 is 1.86 bits per heavy atom. The molecule has 0 heterocycles. The van der Waals surface area contributed by atoms with Crippen molar-refractivity contribution < 1.29 is 17.4 Å². The van der Waals surface area contributed by atoms with Crippen LogP contribution in [0.25, 0.3) is 0 Å². The van der Waals surface area contributed by atoms with E-state index in [9.17, 15) is 13.2 Å². The van der Waals surface area contributed by atoms with Gasteiger partial charge in [0.2, 0.25) is 0 Å². The lowest BCUT2D eigenvalue weighted by Gasteiger charge is -2.25. The first kappa shape index (κ1) is 21.8. The van der Waals surface area contributed by atoms with Crippen LogP contribution in [0.2, 0.25) is 0 Å². The molecule has 2 aromatic rings. The van der Waals surface area contributed by atoms with E-state index in [1.54, 1.807) is 23.1 Å². The van der Waals surface area contributed by atoms with Crippen molar-refractivity contribution >= 4 is 21.8 Å². The molecule has 0 saturated carbocycles. The predicted molar refractivity (Wildman–Crippen MR) is 112 cm³/mol. The smallest absolute Gasteiger partial charge is 0.322 e. The van der Waals surface area contributed by atoms with Gasteiger partial charge in [-0.3, -0.25) is 0 Å². The fourth-order valence-corrected chi connectivity index (χ4v) is 3.35. The van der Waals surface area contributed by atoms with Crippen molar-refractivity contribution in [2.45, 2.75) is 34.2 Å². The molecule has 0 fully saturated rings. The lowest BCUT2D eigenvalue weighted by molar-refractivity contribution is 0.201. The molecule has 0 aliphatic carbocycles. The summed E-state index contributed by atoms with van der Waals surface area (Å²) in [6.07, 6.45) is 1.00. The molecule has 0 radical (unpaired) electrons. The molecular weight excluding hydrogens is 376 g/mol. The molecule has 0 aliphatic rings. The van der Waals surface area contributed by atoms with Gasteiger partial charge in [-0.25, -0.2) is 4.79 Å². The third-order valence-corrected chi connectivity index (χ3v) is 4.51. The van der Waals surface area contributed by atoms with Gasteiger partial charge in [0.05, 0.1) is 6.26 Å². The summed E-state index contributed by atoms with van der Waals surface area (Å²) in [5.74, 6) is 0.514. The summed E-state index contributed by atoms with van der Waals surface area (Å²) in [4.78, 5) is 14.6. The minimum atomic E-state index is -3.60. The Hall–Kier alpha value is -2.54. The molecule has 0 spiro atoms. The van der Waals surface area contributed by atoms with Gasteiger partial charge >= 0.3 is 16.1 Å². The molecule has 0 unspecified atom stereocenters. The number of rotatable bonds is 7. The van der Waals surface area contributed by atoms with Gasteiger partial charge in [-0.05, 0) is 49.1 Å². The van der Waals surface area contributed by atoms with E-state index in [1.807, 2.05) is 52.0 Å². The lowest BCUT2D eigenvalue weighted by Crippen LogP contribution is -2.37. The predicted octanol–water partition coefficient (Wildman–Crippen LogP) is 4.33. The van der Waals surface area contributed by atoms with Crippen LogP contribution >= 0.6 is 0 Å². The van der Waals surface area contributed by atoms with Gasteiger partial charge < -0.3 is 14.4 Å². The highest BCUT2D eigenvalue weighted by atomic mass is 32.2. The molecule has 28 heavy (non-hydrogen) atoms. The Bertz CT molecular complexity index is 939. The largest absolute Gasteiger partial charge is 0.383 e. The second kappa shape index (κ2) is 9.10. The number of anilines is 1. The zero-order valence-corrected chi connectivity index (χ0v) is 17.8. The van der Waals surface area contributed by atoms with Crippen molar-refractivity contribution in [1.29, 1.82) is 0 Å². The van der Waals surface area contributed by atoms with Crippen molar-refractivity contribution in [2.24, 2.45) is 5.92 Å². The van der Waals surface area contributed by atoms with E-state index in [4.69, 9.17) is 4.18 Å². The number of carbonyl (C=O) groups excluding carboxylic acids is 1. The highest BCUT2D eigenvalue weighted by Crippen LogP contribution is 2.20. The Labute approximate surface area is 167 Å². The molecule has 1 N–H and O–H groups in total. The molecule has 0 atom stereocenters. The average molecular weight is 405 g/mol. The van der Waals surface area contributed by atoms with E-state index in [1.165, 1.54) is 0 Å². The van der Waals surface area contributed by atoms with Gasteiger partial charge in [-0.2, -0.15) is 8.42 Å². The number of carbonyl (C=O) groups is 1. The molecule has 2 amide bonds. The highest BCUT2D eigenvalue weighted by Gasteiger charge is 2.17. The first-order chi connectivity index (χ1) is 13.0. The van der Waals surface area contributed by atoms with Crippen LogP contribution in [0.1, 0.15) is 30.5 Å². The highest BCUT2D eigenvalue weighted by molar-refractivity contribution is 7.86. The van der Waals surface area contributed by atoms with Crippen LogP contribution in [0.4, 0.5) is 10.5 Å². The molecule has 0 saturated heterocycles. The van der Waals surface area contributed by atoms with Gasteiger partial charge in [-0.15, -0.1) is 0 Å².